The fraction of sp³-hybridized carbons (Fsp3) is 0.0625. The molecule has 2 rings (SSSR count). The average molecular weight is 264 g/mol. The van der Waals surface area contributed by atoms with Gasteiger partial charge in [0.15, 0.2) is 0 Å². The second kappa shape index (κ2) is 5.91. The predicted octanol–water partition coefficient (Wildman–Crippen LogP) is 3.70. The average Bonchev–Trinajstić information content (AvgIpc) is 2.87. The third-order valence-corrected chi connectivity index (χ3v) is 3.58. The third kappa shape index (κ3) is 3.04. The molecule has 1 aromatic carbocycles. The highest BCUT2D eigenvalue weighted by Gasteiger charge is 2.02. The molecule has 0 aliphatic heterocycles. The number of nitrogens with one attached hydrogen (secondary N) is 1. The van der Waals surface area contributed by atoms with E-state index in [0.717, 1.165) is 21.0 Å². The number of nitriles is 1. The first kappa shape index (κ1) is 13.0. The lowest BCUT2D eigenvalue weighted by Crippen LogP contribution is -1.85. The summed E-state index contributed by atoms with van der Waals surface area (Å²) in [5, 5.41) is 11.9. The van der Waals surface area contributed by atoms with Crippen LogP contribution in [0.3, 0.4) is 0 Å². The topological polar surface area (TPSA) is 35.8 Å². The van der Waals surface area contributed by atoms with Crippen LogP contribution in [0.2, 0.25) is 0 Å². The number of nitrogens with zero attached hydrogens (tertiary/aromatic N) is 1. The Balaban J connectivity index is 2.31. The molecule has 1 heterocycles. The van der Waals surface area contributed by atoms with Gasteiger partial charge in [-0.15, -0.1) is 11.3 Å². The van der Waals surface area contributed by atoms with Gasteiger partial charge in [0, 0.05) is 12.6 Å². The van der Waals surface area contributed by atoms with Crippen LogP contribution in [0, 0.1) is 23.2 Å². The van der Waals surface area contributed by atoms with E-state index in [9.17, 15) is 0 Å². The molecule has 0 aliphatic carbocycles. The van der Waals surface area contributed by atoms with Gasteiger partial charge in [0.2, 0.25) is 0 Å². The van der Waals surface area contributed by atoms with Gasteiger partial charge in [-0.2, -0.15) is 5.26 Å². The summed E-state index contributed by atoms with van der Waals surface area (Å²) in [6.45, 7) is 3.78. The van der Waals surface area contributed by atoms with Crippen molar-refractivity contribution < 1.29 is 0 Å². The van der Waals surface area contributed by atoms with Crippen LogP contribution in [-0.4, -0.2) is 7.05 Å². The number of benzene rings is 1. The summed E-state index contributed by atoms with van der Waals surface area (Å²) in [6, 6.07) is 11.4. The van der Waals surface area contributed by atoms with Crippen LogP contribution < -0.4 is 5.32 Å². The molecular formula is C16H12N2S. The smallest absolute Gasteiger partial charge is 0.0992 e. The molecule has 1 N–H and O–H groups in total. The highest BCUT2D eigenvalue weighted by Crippen LogP contribution is 2.27. The van der Waals surface area contributed by atoms with Crippen molar-refractivity contribution in [2.24, 2.45) is 0 Å². The molecule has 0 radical (unpaired) electrons. The second-order valence-corrected chi connectivity index (χ2v) is 4.87. The molecule has 2 nitrogen and oxygen atoms in total. The Morgan fingerprint density at radius 2 is 2.05 bits per heavy atom. The number of hydrogen-bond donors (Lipinski definition) is 1. The predicted molar refractivity (Wildman–Crippen MR) is 81.1 cm³/mol. The highest BCUT2D eigenvalue weighted by molar-refractivity contribution is 7.14. The Morgan fingerprint density at radius 3 is 2.68 bits per heavy atom. The molecule has 3 heteroatoms. The van der Waals surface area contributed by atoms with E-state index in [1.54, 1.807) is 23.5 Å². The summed E-state index contributed by atoms with van der Waals surface area (Å²) in [6.07, 6.45) is 1.82. The van der Waals surface area contributed by atoms with Crippen LogP contribution in [0.25, 0.3) is 6.08 Å². The highest BCUT2D eigenvalue weighted by atomic mass is 32.1. The van der Waals surface area contributed by atoms with Gasteiger partial charge >= 0.3 is 0 Å². The first-order chi connectivity index (χ1) is 9.26. The van der Waals surface area contributed by atoms with Crippen molar-refractivity contribution in [3.63, 3.8) is 0 Å². The monoisotopic (exact) mass is 264 g/mol. The van der Waals surface area contributed by atoms with Crippen molar-refractivity contribution in [3.05, 3.63) is 57.8 Å². The van der Waals surface area contributed by atoms with Gasteiger partial charge in [-0.25, -0.2) is 0 Å². The lowest BCUT2D eigenvalue weighted by Gasteiger charge is -1.93. The van der Waals surface area contributed by atoms with Crippen LogP contribution in [0.4, 0.5) is 5.69 Å². The Kier molecular flexibility index (Phi) is 4.03. The third-order valence-electron chi connectivity index (χ3n) is 2.54. The van der Waals surface area contributed by atoms with Gasteiger partial charge in [0.1, 0.15) is 0 Å². The minimum atomic E-state index is 0.626. The summed E-state index contributed by atoms with van der Waals surface area (Å²) in [5.41, 5.74) is 2.51. The van der Waals surface area contributed by atoms with Crippen molar-refractivity contribution >= 4 is 23.1 Å². The maximum Gasteiger partial charge on any atom is 0.0992 e. The zero-order valence-electron chi connectivity index (χ0n) is 10.5. The fourth-order valence-corrected chi connectivity index (χ4v) is 2.48. The van der Waals surface area contributed by atoms with Crippen molar-refractivity contribution in [2.45, 2.75) is 0 Å². The molecule has 2 aromatic rings. The van der Waals surface area contributed by atoms with Crippen LogP contribution in [0.1, 0.15) is 20.9 Å². The molecule has 0 unspecified atom stereocenters. The maximum atomic E-state index is 8.84. The molecule has 0 saturated carbocycles. The van der Waals surface area contributed by atoms with E-state index in [2.05, 4.69) is 29.8 Å². The van der Waals surface area contributed by atoms with Crippen LogP contribution in [-0.2, 0) is 0 Å². The van der Waals surface area contributed by atoms with E-state index in [0.29, 0.717) is 5.56 Å². The molecule has 0 saturated heterocycles. The Morgan fingerprint density at radius 1 is 1.26 bits per heavy atom. The van der Waals surface area contributed by atoms with Gasteiger partial charge in [-0.05, 0) is 24.3 Å². The number of rotatable bonds is 2. The van der Waals surface area contributed by atoms with Gasteiger partial charge in [-0.3, -0.25) is 0 Å². The van der Waals surface area contributed by atoms with Crippen molar-refractivity contribution in [2.75, 3.05) is 12.4 Å². The van der Waals surface area contributed by atoms with E-state index in [4.69, 9.17) is 5.26 Å². The maximum absolute atomic E-state index is 8.84. The lowest BCUT2D eigenvalue weighted by molar-refractivity contribution is 1.48. The van der Waals surface area contributed by atoms with E-state index in [1.165, 1.54) is 0 Å². The molecule has 92 valence electrons. The quantitative estimate of drug-likeness (QED) is 0.839. The summed E-state index contributed by atoms with van der Waals surface area (Å²) >= 11 is 1.59. The van der Waals surface area contributed by atoms with E-state index in [1.807, 2.05) is 31.3 Å². The van der Waals surface area contributed by atoms with Gasteiger partial charge in [0.25, 0.3) is 0 Å². The molecule has 0 atom stereocenters. The summed E-state index contributed by atoms with van der Waals surface area (Å²) in [4.78, 5) is 2.05. The Hall–Kier alpha value is -2.49. The summed E-state index contributed by atoms with van der Waals surface area (Å²) in [7, 11) is 1.88. The molecule has 0 spiro atoms. The van der Waals surface area contributed by atoms with Crippen LogP contribution in [0.5, 0.6) is 0 Å². The number of thiophene rings is 1. The first-order valence-electron chi connectivity index (χ1n) is 5.73. The van der Waals surface area contributed by atoms with Crippen molar-refractivity contribution in [1.82, 2.24) is 0 Å². The normalized spacial score (nSPS) is 9.05. The lowest BCUT2D eigenvalue weighted by atomic mass is 10.1. The van der Waals surface area contributed by atoms with Gasteiger partial charge in [0.05, 0.1) is 27.1 Å². The van der Waals surface area contributed by atoms with Crippen molar-refractivity contribution in [3.8, 4) is 17.9 Å². The second-order valence-electron chi connectivity index (χ2n) is 3.79. The van der Waals surface area contributed by atoms with Crippen LogP contribution >= 0.6 is 11.3 Å². The standard InChI is InChI=1S/C16H12N2S/c1-3-16-15(18-2)10-14(19-16)8-7-12-5-4-6-13(9-12)11-17/h3-6,9-10,18H,1H2,2H3. The minimum absolute atomic E-state index is 0.626. The molecular weight excluding hydrogens is 252 g/mol. The molecule has 1 aromatic heterocycles. The zero-order chi connectivity index (χ0) is 13.7. The SMILES string of the molecule is C=Cc1sc(C#Cc2cccc(C#N)c2)cc1NC. The van der Waals surface area contributed by atoms with Gasteiger partial charge < -0.3 is 5.32 Å². The zero-order valence-corrected chi connectivity index (χ0v) is 11.3. The van der Waals surface area contributed by atoms with Gasteiger partial charge in [-0.1, -0.05) is 30.6 Å². The van der Waals surface area contributed by atoms with Crippen molar-refractivity contribution in [1.29, 1.82) is 5.26 Å². The van der Waals surface area contributed by atoms with E-state index < -0.39 is 0 Å². The molecule has 0 fully saturated rings. The summed E-state index contributed by atoms with van der Waals surface area (Å²) < 4.78 is 0. The van der Waals surface area contributed by atoms with Crippen LogP contribution in [0.15, 0.2) is 36.9 Å². The molecule has 0 bridgehead atoms. The Bertz CT molecular complexity index is 708. The molecule has 0 amide bonds. The van der Waals surface area contributed by atoms with E-state index >= 15 is 0 Å². The molecule has 0 aliphatic rings. The largest absolute Gasteiger partial charge is 0.387 e. The molecule has 19 heavy (non-hydrogen) atoms. The minimum Gasteiger partial charge on any atom is -0.387 e. The number of anilines is 1. The number of hydrogen-bond acceptors (Lipinski definition) is 3. The summed E-state index contributed by atoms with van der Waals surface area (Å²) in [5.74, 6) is 6.18. The fourth-order valence-electron chi connectivity index (χ4n) is 1.61. The van der Waals surface area contributed by atoms with E-state index in [-0.39, 0.29) is 0 Å². The Labute approximate surface area is 117 Å². The first-order valence-corrected chi connectivity index (χ1v) is 6.54.